The topological polar surface area (TPSA) is 18.5 Å². The van der Waals surface area contributed by atoms with E-state index < -0.39 is 0 Å². The van der Waals surface area contributed by atoms with Crippen molar-refractivity contribution < 1.29 is 9.47 Å². The van der Waals surface area contributed by atoms with Gasteiger partial charge in [-0.2, -0.15) is 0 Å². The molecule has 4 heteroatoms. The van der Waals surface area contributed by atoms with Crippen LogP contribution < -0.4 is 9.47 Å². The summed E-state index contributed by atoms with van der Waals surface area (Å²) in [7, 11) is 0. The van der Waals surface area contributed by atoms with Crippen LogP contribution in [0.4, 0.5) is 0 Å². The molecule has 1 atom stereocenters. The zero-order chi connectivity index (χ0) is 16.7. The van der Waals surface area contributed by atoms with E-state index in [9.17, 15) is 0 Å². The number of fused-ring (bicyclic) bond motifs is 1. The molecule has 2 aromatic carbocycles. The van der Waals surface area contributed by atoms with E-state index in [0.717, 1.165) is 35.1 Å². The number of unbranched alkanes of at least 4 members (excludes halogenated alkanes) is 1. The smallest absolute Gasteiger partial charge is 0.138 e. The number of halogens is 2. The molecule has 0 radical (unpaired) electrons. The average molecular weight is 400 g/mol. The van der Waals surface area contributed by atoms with Crippen molar-refractivity contribution in [3.63, 3.8) is 0 Å². The van der Waals surface area contributed by atoms with Crippen molar-refractivity contribution in [1.29, 1.82) is 0 Å². The summed E-state index contributed by atoms with van der Waals surface area (Å²) in [6, 6.07) is 9.92. The maximum Gasteiger partial charge on any atom is 0.138 e. The normalized spacial score (nSPS) is 12.3. The minimum Gasteiger partial charge on any atom is -0.494 e. The van der Waals surface area contributed by atoms with Crippen LogP contribution in [0.1, 0.15) is 39.5 Å². The van der Waals surface area contributed by atoms with Gasteiger partial charge in [0.15, 0.2) is 0 Å². The molecule has 0 N–H and O–H groups in total. The molecule has 0 bridgehead atoms. The lowest BCUT2D eigenvalue weighted by atomic mass is 10.1. The molecule has 2 aromatic rings. The van der Waals surface area contributed by atoms with Crippen LogP contribution in [0.15, 0.2) is 30.3 Å². The molecule has 0 heterocycles. The molecular formula is C19H24BrClO2. The number of benzene rings is 2. The minimum absolute atomic E-state index is 0.617. The molecule has 0 aliphatic heterocycles. The standard InChI is InChI=1S/C19H24BrClO2/c1-3-15(20)7-5-6-12-23-18-11-8-14-13-16(22-4-2)9-10-17(14)19(18)21/h8-11,13,15H,3-7,12H2,1-2H3. The van der Waals surface area contributed by atoms with Gasteiger partial charge in [0.25, 0.3) is 0 Å². The first-order valence-electron chi connectivity index (χ1n) is 8.27. The molecule has 0 aliphatic carbocycles. The lowest BCUT2D eigenvalue weighted by molar-refractivity contribution is 0.305. The summed E-state index contributed by atoms with van der Waals surface area (Å²) in [6.45, 7) is 5.54. The van der Waals surface area contributed by atoms with Crippen LogP contribution in [0.5, 0.6) is 11.5 Å². The van der Waals surface area contributed by atoms with Gasteiger partial charge in [-0.05, 0) is 62.3 Å². The molecule has 0 amide bonds. The van der Waals surface area contributed by atoms with Crippen molar-refractivity contribution in [3.05, 3.63) is 35.4 Å². The first kappa shape index (κ1) is 18.4. The number of rotatable bonds is 9. The van der Waals surface area contributed by atoms with Gasteiger partial charge in [-0.25, -0.2) is 0 Å². The summed E-state index contributed by atoms with van der Waals surface area (Å²) in [5, 5.41) is 2.75. The second-order valence-electron chi connectivity index (χ2n) is 5.54. The fourth-order valence-corrected chi connectivity index (χ4v) is 3.09. The van der Waals surface area contributed by atoms with Crippen LogP contribution in [-0.4, -0.2) is 18.0 Å². The highest BCUT2D eigenvalue weighted by atomic mass is 79.9. The SMILES string of the molecule is CCOc1ccc2c(Cl)c(OCCCCC(Br)CC)ccc2c1. The highest BCUT2D eigenvalue weighted by Gasteiger charge is 2.08. The summed E-state index contributed by atoms with van der Waals surface area (Å²) in [5.74, 6) is 1.62. The highest BCUT2D eigenvalue weighted by Crippen LogP contribution is 2.34. The van der Waals surface area contributed by atoms with Gasteiger partial charge in [0, 0.05) is 10.2 Å². The Bertz CT molecular complexity index is 630. The Labute approximate surface area is 152 Å². The van der Waals surface area contributed by atoms with E-state index in [2.05, 4.69) is 22.9 Å². The second kappa shape index (κ2) is 9.39. The maximum atomic E-state index is 6.48. The summed E-state index contributed by atoms with van der Waals surface area (Å²) in [4.78, 5) is 0.617. The fourth-order valence-electron chi connectivity index (χ4n) is 2.47. The molecule has 2 rings (SSSR count). The van der Waals surface area contributed by atoms with Gasteiger partial charge in [0.1, 0.15) is 11.5 Å². The third-order valence-electron chi connectivity index (χ3n) is 3.81. The van der Waals surface area contributed by atoms with Gasteiger partial charge < -0.3 is 9.47 Å². The monoisotopic (exact) mass is 398 g/mol. The van der Waals surface area contributed by atoms with E-state index >= 15 is 0 Å². The second-order valence-corrected chi connectivity index (χ2v) is 7.22. The number of hydrogen-bond acceptors (Lipinski definition) is 2. The van der Waals surface area contributed by atoms with E-state index in [-0.39, 0.29) is 0 Å². The summed E-state index contributed by atoms with van der Waals surface area (Å²) in [6.07, 6.45) is 4.55. The van der Waals surface area contributed by atoms with Gasteiger partial charge >= 0.3 is 0 Å². The van der Waals surface area contributed by atoms with Gasteiger partial charge in [0.2, 0.25) is 0 Å². The van der Waals surface area contributed by atoms with Crippen LogP contribution in [0.2, 0.25) is 5.02 Å². The van der Waals surface area contributed by atoms with Crippen molar-refractivity contribution in [3.8, 4) is 11.5 Å². The predicted octanol–water partition coefficient (Wildman–Crippen LogP) is 6.61. The first-order chi connectivity index (χ1) is 11.2. The lowest BCUT2D eigenvalue weighted by Crippen LogP contribution is -2.01. The molecule has 1 unspecified atom stereocenters. The molecule has 0 saturated carbocycles. The zero-order valence-electron chi connectivity index (χ0n) is 13.8. The Hall–Kier alpha value is -0.930. The van der Waals surface area contributed by atoms with Gasteiger partial charge in [0.05, 0.1) is 18.2 Å². The van der Waals surface area contributed by atoms with Crippen molar-refractivity contribution in [2.24, 2.45) is 0 Å². The highest BCUT2D eigenvalue weighted by molar-refractivity contribution is 9.09. The lowest BCUT2D eigenvalue weighted by Gasteiger charge is -2.12. The van der Waals surface area contributed by atoms with E-state index in [0.29, 0.717) is 23.1 Å². The van der Waals surface area contributed by atoms with Gasteiger partial charge in [-0.15, -0.1) is 0 Å². The maximum absolute atomic E-state index is 6.48. The van der Waals surface area contributed by atoms with Crippen LogP contribution in [0, 0.1) is 0 Å². The van der Waals surface area contributed by atoms with Crippen LogP contribution in [-0.2, 0) is 0 Å². The molecule has 0 aromatic heterocycles. The van der Waals surface area contributed by atoms with Crippen molar-refractivity contribution in [2.45, 2.75) is 44.4 Å². The molecule has 2 nitrogen and oxygen atoms in total. The molecule has 0 aliphatic rings. The Morgan fingerprint density at radius 3 is 2.65 bits per heavy atom. The van der Waals surface area contributed by atoms with Crippen molar-refractivity contribution in [1.82, 2.24) is 0 Å². The largest absolute Gasteiger partial charge is 0.494 e. The Kier molecular flexibility index (Phi) is 7.51. The third-order valence-corrected chi connectivity index (χ3v) is 5.31. The molecular weight excluding hydrogens is 376 g/mol. The van der Waals surface area contributed by atoms with Crippen LogP contribution >= 0.6 is 27.5 Å². The van der Waals surface area contributed by atoms with E-state index in [1.807, 2.05) is 37.3 Å². The number of ether oxygens (including phenoxy) is 2. The van der Waals surface area contributed by atoms with Gasteiger partial charge in [-0.3, -0.25) is 0 Å². The Morgan fingerprint density at radius 2 is 1.91 bits per heavy atom. The van der Waals surface area contributed by atoms with Gasteiger partial charge in [-0.1, -0.05) is 40.5 Å². The Balaban J connectivity index is 1.96. The van der Waals surface area contributed by atoms with Crippen molar-refractivity contribution in [2.75, 3.05) is 13.2 Å². The molecule has 0 fully saturated rings. The van der Waals surface area contributed by atoms with E-state index in [4.69, 9.17) is 21.1 Å². The van der Waals surface area contributed by atoms with Crippen molar-refractivity contribution >= 4 is 38.3 Å². The summed E-state index contributed by atoms with van der Waals surface area (Å²) >= 11 is 10.1. The molecule has 0 spiro atoms. The van der Waals surface area contributed by atoms with E-state index in [1.54, 1.807) is 0 Å². The minimum atomic E-state index is 0.617. The van der Waals surface area contributed by atoms with Crippen LogP contribution in [0.3, 0.4) is 0 Å². The summed E-state index contributed by atoms with van der Waals surface area (Å²) < 4.78 is 11.4. The third kappa shape index (κ3) is 5.29. The zero-order valence-corrected chi connectivity index (χ0v) is 16.1. The summed E-state index contributed by atoms with van der Waals surface area (Å²) in [5.41, 5.74) is 0. The predicted molar refractivity (Wildman–Crippen MR) is 102 cm³/mol. The number of alkyl halides is 1. The Morgan fingerprint density at radius 1 is 1.09 bits per heavy atom. The van der Waals surface area contributed by atoms with Crippen LogP contribution in [0.25, 0.3) is 10.8 Å². The molecule has 23 heavy (non-hydrogen) atoms. The number of hydrogen-bond donors (Lipinski definition) is 0. The fraction of sp³-hybridized carbons (Fsp3) is 0.474. The first-order valence-corrected chi connectivity index (χ1v) is 9.57. The quantitative estimate of drug-likeness (QED) is 0.348. The van der Waals surface area contributed by atoms with E-state index in [1.165, 1.54) is 12.8 Å². The molecule has 126 valence electrons. The average Bonchev–Trinajstić information content (AvgIpc) is 2.56. The molecule has 0 saturated heterocycles.